The van der Waals surface area contributed by atoms with Gasteiger partial charge in [0.25, 0.3) is 5.91 Å². The summed E-state index contributed by atoms with van der Waals surface area (Å²) in [5, 5.41) is 3.03. The first kappa shape index (κ1) is 50.6. The van der Waals surface area contributed by atoms with Crippen LogP contribution in [-0.4, -0.2) is 144 Å². The molecular weight excluding hydrogens is 831 g/mol. The molecule has 0 bridgehead atoms. The summed E-state index contributed by atoms with van der Waals surface area (Å²) in [5.41, 5.74) is 4.68. The van der Waals surface area contributed by atoms with E-state index in [1.54, 1.807) is 22.9 Å². The lowest BCUT2D eigenvalue weighted by Crippen LogP contribution is -2.53. The van der Waals surface area contributed by atoms with E-state index in [2.05, 4.69) is 24.1 Å². The molecule has 3 fully saturated rings. The minimum absolute atomic E-state index is 0. The van der Waals surface area contributed by atoms with E-state index in [9.17, 15) is 28.8 Å². The number of likely N-dealkylation sites (N-methyl/N-ethyl adjacent to an activating group) is 1. The SMILES string of the molecule is C.CCCCCCOC(=O)CCC(=O)N1CCC(C)CC1.Cc1cc(C[C@@H](OC(=O)N2CCC(N3CCc4ccccc4NC3=O)CC2)C(=O)N2CCN(C)CC2)cc2oc(=O)n(C)c12. The second kappa shape index (κ2) is 24.2. The molecule has 4 aliphatic heterocycles. The number of anilines is 1. The fourth-order valence-corrected chi connectivity index (χ4v) is 9.03. The van der Waals surface area contributed by atoms with Crippen molar-refractivity contribution in [1.82, 2.24) is 29.1 Å². The van der Waals surface area contributed by atoms with Gasteiger partial charge in [-0.05, 0) is 87.2 Å². The van der Waals surface area contributed by atoms with Gasteiger partial charge in [0.2, 0.25) is 5.91 Å². The van der Waals surface area contributed by atoms with Crippen molar-refractivity contribution in [2.75, 3.05) is 77.9 Å². The molecule has 65 heavy (non-hydrogen) atoms. The number of nitrogens with zero attached hydrogens (tertiary/aromatic N) is 6. The average Bonchev–Trinajstić information content (AvgIpc) is 3.46. The fourth-order valence-electron chi connectivity index (χ4n) is 9.03. The van der Waals surface area contributed by atoms with Crippen LogP contribution in [0.2, 0.25) is 0 Å². The van der Waals surface area contributed by atoms with Crippen molar-refractivity contribution < 1.29 is 37.9 Å². The van der Waals surface area contributed by atoms with Crippen molar-refractivity contribution in [2.24, 2.45) is 13.0 Å². The highest BCUT2D eigenvalue weighted by molar-refractivity contribution is 5.91. The summed E-state index contributed by atoms with van der Waals surface area (Å²) in [4.78, 5) is 85.2. The lowest BCUT2D eigenvalue weighted by molar-refractivity contribution is -0.146. The smallest absolute Gasteiger partial charge is 0.419 e. The van der Waals surface area contributed by atoms with E-state index in [4.69, 9.17) is 13.9 Å². The number of rotatable bonds is 13. The normalized spacial score (nSPS) is 17.8. The zero-order valence-corrected chi connectivity index (χ0v) is 38.6. The van der Waals surface area contributed by atoms with Gasteiger partial charge in [0.05, 0.1) is 18.5 Å². The molecule has 16 nitrogen and oxygen atoms in total. The predicted octanol–water partition coefficient (Wildman–Crippen LogP) is 6.60. The number of hydrogen-bond donors (Lipinski definition) is 1. The van der Waals surface area contributed by atoms with E-state index in [0.29, 0.717) is 75.6 Å². The number of likely N-dealkylation sites (tertiary alicyclic amines) is 2. The average molecular weight is 904 g/mol. The molecule has 1 aromatic heterocycles. The first-order chi connectivity index (χ1) is 30.8. The molecule has 5 amide bonds. The van der Waals surface area contributed by atoms with Crippen LogP contribution in [0.1, 0.15) is 102 Å². The number of benzene rings is 2. The molecule has 0 radical (unpaired) electrons. The molecule has 4 aliphatic rings. The molecule has 3 saturated heterocycles. The molecule has 5 heterocycles. The molecule has 0 unspecified atom stereocenters. The number of urea groups is 1. The van der Waals surface area contributed by atoms with Gasteiger partial charge in [0, 0.05) is 90.5 Å². The Hall–Kier alpha value is -5.38. The molecule has 358 valence electrons. The predicted molar refractivity (Wildman–Crippen MR) is 251 cm³/mol. The molecule has 7 rings (SSSR count). The summed E-state index contributed by atoms with van der Waals surface area (Å²) in [6, 6.07) is 11.4. The Morgan fingerprint density at radius 2 is 1.52 bits per heavy atom. The Bertz CT molecular complexity index is 2130. The summed E-state index contributed by atoms with van der Waals surface area (Å²) >= 11 is 0. The van der Waals surface area contributed by atoms with E-state index >= 15 is 0 Å². The number of carbonyl (C=O) groups excluding carboxylic acids is 5. The van der Waals surface area contributed by atoms with Gasteiger partial charge in [-0.25, -0.2) is 14.4 Å². The Kier molecular flexibility index (Phi) is 18.9. The van der Waals surface area contributed by atoms with E-state index in [-0.39, 0.29) is 50.1 Å². The maximum absolute atomic E-state index is 13.7. The molecule has 1 atom stereocenters. The number of aromatic nitrogens is 1. The monoisotopic (exact) mass is 904 g/mol. The number of hydrogen-bond acceptors (Lipinski definition) is 10. The maximum atomic E-state index is 13.7. The number of amides is 5. The summed E-state index contributed by atoms with van der Waals surface area (Å²) in [7, 11) is 3.67. The largest absolute Gasteiger partial charge is 0.466 e. The number of unbranched alkanes of at least 4 members (excludes halogenated alkanes) is 3. The highest BCUT2D eigenvalue weighted by Crippen LogP contribution is 2.26. The molecule has 0 aliphatic carbocycles. The number of aryl methyl sites for hydroxylation is 2. The minimum atomic E-state index is -1.02. The molecule has 0 spiro atoms. The third-order valence-corrected chi connectivity index (χ3v) is 13.1. The van der Waals surface area contributed by atoms with Crippen molar-refractivity contribution in [2.45, 2.75) is 117 Å². The quantitative estimate of drug-likeness (QED) is 0.146. The number of para-hydroxylation sites is 1. The van der Waals surface area contributed by atoms with Gasteiger partial charge < -0.3 is 43.7 Å². The van der Waals surface area contributed by atoms with Crippen LogP contribution >= 0.6 is 0 Å². The second-order valence-corrected chi connectivity index (χ2v) is 18.0. The van der Waals surface area contributed by atoms with Crippen molar-refractivity contribution in [3.05, 3.63) is 63.6 Å². The lowest BCUT2D eigenvalue weighted by Gasteiger charge is -2.38. The number of fused-ring (bicyclic) bond motifs is 2. The number of ether oxygens (including phenoxy) is 2. The van der Waals surface area contributed by atoms with Crippen LogP contribution in [0.25, 0.3) is 11.1 Å². The van der Waals surface area contributed by atoms with Crippen LogP contribution in [0, 0.1) is 12.8 Å². The first-order valence-corrected chi connectivity index (χ1v) is 23.4. The molecule has 1 N–H and O–H groups in total. The lowest BCUT2D eigenvalue weighted by atomic mass is 9.99. The van der Waals surface area contributed by atoms with Gasteiger partial charge in [0.1, 0.15) is 0 Å². The van der Waals surface area contributed by atoms with E-state index in [1.807, 2.05) is 54.1 Å². The number of nitrogens with one attached hydrogen (secondary N) is 1. The highest BCUT2D eigenvalue weighted by atomic mass is 16.6. The van der Waals surface area contributed by atoms with E-state index < -0.39 is 18.0 Å². The number of piperidine rings is 2. The van der Waals surface area contributed by atoms with E-state index in [1.165, 1.54) is 17.4 Å². The summed E-state index contributed by atoms with van der Waals surface area (Å²) in [6.07, 6.45) is 7.69. The maximum Gasteiger partial charge on any atom is 0.419 e. The standard InChI is InChI=1S/C32H40N6O6.C16H29NO3.CH4/c1-21-18-22(19-26-28(21)35(3)31(41)43-26)20-27(29(39)36-16-14-34(2)15-17-36)44-32(42)37-11-9-24(10-12-37)38-13-8-23-6-4-5-7-25(23)33-30(38)40;1-3-4-5-6-13-20-16(19)8-7-15(18)17-11-9-14(2)10-12-17;/h4-7,18-19,24,27H,8-17,20H2,1-3H3,(H,33,40);14H,3-13H2,1-2H3;1H4/t27-;;/m1../s1. The van der Waals surface area contributed by atoms with Crippen LogP contribution < -0.4 is 11.1 Å². The Labute approximate surface area is 384 Å². The summed E-state index contributed by atoms with van der Waals surface area (Å²) in [6.45, 7) is 12.5. The fraction of sp³-hybridized carbons (Fsp3) is 0.633. The van der Waals surface area contributed by atoms with Gasteiger partial charge >= 0.3 is 23.8 Å². The van der Waals surface area contributed by atoms with Gasteiger partial charge in [-0.15, -0.1) is 0 Å². The first-order valence-electron chi connectivity index (χ1n) is 23.4. The highest BCUT2D eigenvalue weighted by Gasteiger charge is 2.35. The van der Waals surface area contributed by atoms with Crippen LogP contribution in [0.3, 0.4) is 0 Å². The van der Waals surface area contributed by atoms with Gasteiger partial charge in [-0.2, -0.15) is 0 Å². The third kappa shape index (κ3) is 13.8. The molecule has 0 saturated carbocycles. The van der Waals surface area contributed by atoms with Gasteiger partial charge in [-0.3, -0.25) is 19.0 Å². The molecule has 3 aromatic rings. The number of oxazole rings is 1. The van der Waals surface area contributed by atoms with Gasteiger partial charge in [-0.1, -0.05) is 64.8 Å². The van der Waals surface area contributed by atoms with Crippen molar-refractivity contribution in [1.29, 1.82) is 0 Å². The van der Waals surface area contributed by atoms with Crippen molar-refractivity contribution >= 4 is 46.7 Å². The van der Waals surface area contributed by atoms with Crippen LogP contribution in [0.4, 0.5) is 15.3 Å². The Morgan fingerprint density at radius 1 is 0.831 bits per heavy atom. The molecule has 16 heteroatoms. The Balaban J connectivity index is 0.000000319. The number of piperazine rings is 1. The second-order valence-electron chi connectivity index (χ2n) is 18.0. The zero-order valence-electron chi connectivity index (χ0n) is 38.6. The minimum Gasteiger partial charge on any atom is -0.466 e. The van der Waals surface area contributed by atoms with Crippen LogP contribution in [0.15, 0.2) is 45.6 Å². The molecular formula is C49H73N7O9. The Morgan fingerprint density at radius 3 is 2.23 bits per heavy atom. The topological polar surface area (TPSA) is 167 Å². The van der Waals surface area contributed by atoms with Crippen molar-refractivity contribution in [3.63, 3.8) is 0 Å². The third-order valence-electron chi connectivity index (χ3n) is 13.1. The molecule has 2 aromatic carbocycles. The summed E-state index contributed by atoms with van der Waals surface area (Å²) in [5.74, 6) is -0.107. The van der Waals surface area contributed by atoms with Crippen LogP contribution in [-0.2, 0) is 43.7 Å². The number of esters is 1. The number of carbonyl (C=O) groups is 5. The van der Waals surface area contributed by atoms with E-state index in [0.717, 1.165) is 80.7 Å². The van der Waals surface area contributed by atoms with Gasteiger partial charge in [0.15, 0.2) is 11.7 Å². The zero-order chi connectivity index (χ0) is 45.8. The van der Waals surface area contributed by atoms with Crippen LogP contribution in [0.5, 0.6) is 0 Å². The van der Waals surface area contributed by atoms with Crippen molar-refractivity contribution in [3.8, 4) is 0 Å². The summed E-state index contributed by atoms with van der Waals surface area (Å²) < 4.78 is 18.0.